The van der Waals surface area contributed by atoms with Crippen LogP contribution in [0.25, 0.3) is 10.9 Å². The normalized spacial score (nSPS) is 11.9. The van der Waals surface area contributed by atoms with E-state index in [1.54, 1.807) is 0 Å². The summed E-state index contributed by atoms with van der Waals surface area (Å²) in [5.74, 6) is 0. The van der Waals surface area contributed by atoms with Crippen molar-refractivity contribution in [2.24, 2.45) is 0 Å². The second-order valence-electron chi connectivity index (χ2n) is 3.96. The molecule has 1 N–H and O–H groups in total. The molecule has 14 heavy (non-hydrogen) atoms. The van der Waals surface area contributed by atoms with Gasteiger partial charge in [0.25, 0.3) is 0 Å². The fourth-order valence-electron chi connectivity index (χ4n) is 1.51. The summed E-state index contributed by atoms with van der Waals surface area (Å²) in [6.45, 7) is 3.75. The van der Waals surface area contributed by atoms with Gasteiger partial charge < -0.3 is 4.79 Å². The van der Waals surface area contributed by atoms with Crippen LogP contribution in [0.1, 0.15) is 19.5 Å². The Morgan fingerprint density at radius 3 is 2.79 bits per heavy atom. The first-order valence-electron chi connectivity index (χ1n) is 4.55. The molecule has 2 rings (SSSR count). The van der Waals surface area contributed by atoms with Gasteiger partial charge >= 0.3 is 0 Å². The van der Waals surface area contributed by atoms with E-state index in [0.29, 0.717) is 0 Å². The van der Waals surface area contributed by atoms with Gasteiger partial charge in [-0.15, -0.1) is 0 Å². The highest BCUT2D eigenvalue weighted by Gasteiger charge is 2.23. The summed E-state index contributed by atoms with van der Waals surface area (Å²) in [5.41, 5.74) is 1.27. The summed E-state index contributed by atoms with van der Waals surface area (Å²) in [5, 5.41) is 8.09. The number of para-hydroxylation sites is 1. The third-order valence-corrected chi connectivity index (χ3v) is 2.40. The SMILES string of the molecule is CC(C)(C=O)c1[nH]nc2ccccc12. The molecule has 72 valence electrons. The molecule has 0 fully saturated rings. The van der Waals surface area contributed by atoms with Gasteiger partial charge in [-0.2, -0.15) is 5.10 Å². The highest BCUT2D eigenvalue weighted by atomic mass is 16.1. The predicted octanol–water partition coefficient (Wildman–Crippen LogP) is 2.04. The Morgan fingerprint density at radius 2 is 2.07 bits per heavy atom. The molecular formula is C11H12N2O. The average molecular weight is 188 g/mol. The van der Waals surface area contributed by atoms with Crippen LogP contribution in [0.5, 0.6) is 0 Å². The van der Waals surface area contributed by atoms with Crippen LogP contribution >= 0.6 is 0 Å². The van der Waals surface area contributed by atoms with Crippen LogP contribution in [-0.2, 0) is 10.2 Å². The molecule has 3 heteroatoms. The second kappa shape index (κ2) is 2.94. The third-order valence-electron chi connectivity index (χ3n) is 2.40. The molecule has 0 aliphatic rings. The van der Waals surface area contributed by atoms with E-state index in [4.69, 9.17) is 0 Å². The van der Waals surface area contributed by atoms with Crippen molar-refractivity contribution < 1.29 is 4.79 Å². The first kappa shape index (κ1) is 8.94. The van der Waals surface area contributed by atoms with Crippen LogP contribution in [0, 0.1) is 0 Å². The van der Waals surface area contributed by atoms with Crippen LogP contribution in [0.2, 0.25) is 0 Å². The van der Waals surface area contributed by atoms with Crippen LogP contribution in [0.4, 0.5) is 0 Å². The zero-order chi connectivity index (χ0) is 10.2. The van der Waals surface area contributed by atoms with E-state index in [1.165, 1.54) is 0 Å². The lowest BCUT2D eigenvalue weighted by Crippen LogP contribution is -2.19. The Hall–Kier alpha value is -1.64. The summed E-state index contributed by atoms with van der Waals surface area (Å²) < 4.78 is 0. The smallest absolute Gasteiger partial charge is 0.131 e. The van der Waals surface area contributed by atoms with Crippen molar-refractivity contribution in [1.82, 2.24) is 10.2 Å². The maximum atomic E-state index is 10.9. The summed E-state index contributed by atoms with van der Waals surface area (Å²) in [6.07, 6.45) is 0.937. The van der Waals surface area contributed by atoms with E-state index in [-0.39, 0.29) is 0 Å². The topological polar surface area (TPSA) is 45.8 Å². The molecule has 0 spiro atoms. The molecule has 0 aliphatic carbocycles. The number of nitrogens with zero attached hydrogens (tertiary/aromatic N) is 1. The van der Waals surface area contributed by atoms with Crippen LogP contribution in [-0.4, -0.2) is 16.5 Å². The highest BCUT2D eigenvalue weighted by Crippen LogP contribution is 2.26. The number of carbonyl (C=O) groups is 1. The van der Waals surface area contributed by atoms with Gasteiger partial charge in [0.15, 0.2) is 0 Å². The molecule has 0 bridgehead atoms. The number of aldehydes is 1. The van der Waals surface area contributed by atoms with Gasteiger partial charge in [-0.3, -0.25) is 5.10 Å². The monoisotopic (exact) mass is 188 g/mol. The summed E-state index contributed by atoms with van der Waals surface area (Å²) >= 11 is 0. The Kier molecular flexibility index (Phi) is 1.88. The minimum absolute atomic E-state index is 0.504. The van der Waals surface area contributed by atoms with Crippen LogP contribution < -0.4 is 0 Å². The molecule has 0 amide bonds. The largest absolute Gasteiger partial charge is 0.302 e. The Bertz CT molecular complexity index is 471. The quantitative estimate of drug-likeness (QED) is 0.733. The fraction of sp³-hybridized carbons (Fsp3) is 0.273. The Balaban J connectivity index is 2.70. The predicted molar refractivity (Wildman–Crippen MR) is 55.2 cm³/mol. The molecule has 2 aromatic rings. The molecular weight excluding hydrogens is 176 g/mol. The Labute approximate surface area is 82.1 Å². The van der Waals surface area contributed by atoms with Gasteiger partial charge in [0.1, 0.15) is 6.29 Å². The first-order chi connectivity index (χ1) is 6.65. The van der Waals surface area contributed by atoms with Crippen molar-refractivity contribution in [3.8, 4) is 0 Å². The molecule has 0 atom stereocenters. The molecule has 0 unspecified atom stereocenters. The number of hydrogen-bond donors (Lipinski definition) is 1. The van der Waals surface area contributed by atoms with Crippen LogP contribution in [0.15, 0.2) is 24.3 Å². The van der Waals surface area contributed by atoms with Crippen molar-refractivity contribution in [2.45, 2.75) is 19.3 Å². The second-order valence-corrected chi connectivity index (χ2v) is 3.96. The molecule has 3 nitrogen and oxygen atoms in total. The van der Waals surface area contributed by atoms with Gasteiger partial charge in [0, 0.05) is 5.39 Å². The number of aromatic amines is 1. The van der Waals surface area contributed by atoms with Crippen molar-refractivity contribution in [3.05, 3.63) is 30.0 Å². The number of benzene rings is 1. The maximum absolute atomic E-state index is 10.9. The lowest BCUT2D eigenvalue weighted by Gasteiger charge is -2.14. The lowest BCUT2D eigenvalue weighted by atomic mass is 9.89. The van der Waals surface area contributed by atoms with Crippen molar-refractivity contribution in [1.29, 1.82) is 0 Å². The highest BCUT2D eigenvalue weighted by molar-refractivity contribution is 5.86. The summed E-state index contributed by atoms with van der Waals surface area (Å²) in [7, 11) is 0. The number of nitrogens with one attached hydrogen (secondary N) is 1. The number of aromatic nitrogens is 2. The van der Waals surface area contributed by atoms with Gasteiger partial charge in [0.2, 0.25) is 0 Å². The Morgan fingerprint density at radius 1 is 1.36 bits per heavy atom. The molecule has 0 aliphatic heterocycles. The van der Waals surface area contributed by atoms with Gasteiger partial charge in [-0.25, -0.2) is 0 Å². The van der Waals surface area contributed by atoms with Crippen molar-refractivity contribution >= 4 is 17.2 Å². The van der Waals surface area contributed by atoms with E-state index < -0.39 is 5.41 Å². The van der Waals surface area contributed by atoms with Crippen molar-refractivity contribution in [2.75, 3.05) is 0 Å². The minimum atomic E-state index is -0.504. The van der Waals surface area contributed by atoms with E-state index in [9.17, 15) is 4.79 Å². The van der Waals surface area contributed by atoms with Crippen molar-refractivity contribution in [3.63, 3.8) is 0 Å². The maximum Gasteiger partial charge on any atom is 0.131 e. The third kappa shape index (κ3) is 1.21. The molecule has 0 saturated heterocycles. The zero-order valence-corrected chi connectivity index (χ0v) is 8.24. The van der Waals surface area contributed by atoms with E-state index in [2.05, 4.69) is 10.2 Å². The van der Waals surface area contributed by atoms with Crippen LogP contribution in [0.3, 0.4) is 0 Å². The van der Waals surface area contributed by atoms with E-state index >= 15 is 0 Å². The van der Waals surface area contributed by atoms with Gasteiger partial charge in [0.05, 0.1) is 16.6 Å². The first-order valence-corrected chi connectivity index (χ1v) is 4.55. The average Bonchev–Trinajstić information content (AvgIpc) is 2.61. The van der Waals surface area contributed by atoms with Gasteiger partial charge in [-0.05, 0) is 19.9 Å². The fourth-order valence-corrected chi connectivity index (χ4v) is 1.51. The molecule has 1 aromatic carbocycles. The summed E-state index contributed by atoms with van der Waals surface area (Å²) in [6, 6.07) is 7.78. The molecule has 0 saturated carbocycles. The minimum Gasteiger partial charge on any atom is -0.302 e. The summed E-state index contributed by atoms with van der Waals surface area (Å²) in [4.78, 5) is 10.9. The molecule has 1 aromatic heterocycles. The molecule has 1 heterocycles. The number of hydrogen-bond acceptors (Lipinski definition) is 2. The van der Waals surface area contributed by atoms with E-state index in [0.717, 1.165) is 22.9 Å². The lowest BCUT2D eigenvalue weighted by molar-refractivity contribution is -0.111. The number of rotatable bonds is 2. The van der Waals surface area contributed by atoms with Gasteiger partial charge in [-0.1, -0.05) is 18.2 Å². The molecule has 0 radical (unpaired) electrons. The number of H-pyrrole nitrogens is 1. The zero-order valence-electron chi connectivity index (χ0n) is 8.24. The standard InChI is InChI=1S/C11H12N2O/c1-11(2,7-14)10-8-5-3-4-6-9(8)12-13-10/h3-7H,1-2H3,(H,12,13). The number of fused-ring (bicyclic) bond motifs is 1. The number of carbonyl (C=O) groups excluding carboxylic acids is 1. The van der Waals surface area contributed by atoms with E-state index in [1.807, 2.05) is 38.1 Å².